The van der Waals surface area contributed by atoms with Gasteiger partial charge in [0.05, 0.1) is 4.90 Å². The second-order valence-corrected chi connectivity index (χ2v) is 9.38. The third-order valence-corrected chi connectivity index (χ3v) is 6.92. The predicted octanol–water partition coefficient (Wildman–Crippen LogP) is 3.17. The van der Waals surface area contributed by atoms with Crippen molar-refractivity contribution < 1.29 is 22.4 Å². The molecule has 0 saturated carbocycles. The molecule has 2 amide bonds. The molecular formula is C20H20FN3O4S2. The number of halogens is 1. The molecular weight excluding hydrogens is 429 g/mol. The lowest BCUT2D eigenvalue weighted by molar-refractivity contribution is -0.128. The van der Waals surface area contributed by atoms with Crippen LogP contribution in [0.15, 0.2) is 57.8 Å². The van der Waals surface area contributed by atoms with Crippen LogP contribution in [0, 0.1) is 12.7 Å². The minimum atomic E-state index is -3.99. The van der Waals surface area contributed by atoms with Crippen LogP contribution in [-0.2, 0) is 19.6 Å². The SMILES string of the molecule is CCN1C(=O)C(CC(=O)Nc2ccc(F)cc2)S/C1=N\S(=O)(=O)c1ccc(C)cc1. The summed E-state index contributed by atoms with van der Waals surface area (Å²) in [6.45, 7) is 3.77. The van der Waals surface area contributed by atoms with Crippen LogP contribution in [0.5, 0.6) is 0 Å². The molecule has 3 rings (SSSR count). The van der Waals surface area contributed by atoms with Crippen LogP contribution in [0.1, 0.15) is 18.9 Å². The van der Waals surface area contributed by atoms with Crippen LogP contribution in [0.4, 0.5) is 10.1 Å². The molecule has 7 nitrogen and oxygen atoms in total. The van der Waals surface area contributed by atoms with Crippen molar-refractivity contribution in [1.82, 2.24) is 4.90 Å². The summed E-state index contributed by atoms with van der Waals surface area (Å²) in [5, 5.41) is 1.85. The fourth-order valence-electron chi connectivity index (χ4n) is 2.78. The predicted molar refractivity (Wildman–Crippen MR) is 114 cm³/mol. The van der Waals surface area contributed by atoms with E-state index in [0.717, 1.165) is 17.3 Å². The van der Waals surface area contributed by atoms with Crippen LogP contribution in [0.25, 0.3) is 0 Å². The average Bonchev–Trinajstić information content (AvgIpc) is 2.97. The summed E-state index contributed by atoms with van der Waals surface area (Å²) in [6.07, 6.45) is -0.166. The molecule has 1 N–H and O–H groups in total. The largest absolute Gasteiger partial charge is 0.326 e. The number of rotatable bonds is 6. The normalized spacial score (nSPS) is 18.1. The van der Waals surface area contributed by atoms with Gasteiger partial charge in [-0.15, -0.1) is 4.40 Å². The minimum Gasteiger partial charge on any atom is -0.326 e. The van der Waals surface area contributed by atoms with Gasteiger partial charge in [-0.1, -0.05) is 29.5 Å². The maximum absolute atomic E-state index is 13.0. The standard InChI is InChI=1S/C20H20FN3O4S2/c1-3-24-19(26)17(12-18(25)22-15-8-6-14(21)7-9-15)29-20(24)23-30(27,28)16-10-4-13(2)5-11-16/h4-11,17H,3,12H2,1-2H3,(H,22,25)/b23-20-. The lowest BCUT2D eigenvalue weighted by atomic mass is 10.2. The van der Waals surface area contributed by atoms with E-state index in [9.17, 15) is 22.4 Å². The molecule has 30 heavy (non-hydrogen) atoms. The number of carbonyl (C=O) groups is 2. The van der Waals surface area contributed by atoms with Crippen LogP contribution < -0.4 is 5.32 Å². The molecule has 158 valence electrons. The summed E-state index contributed by atoms with van der Waals surface area (Å²) >= 11 is 0.944. The van der Waals surface area contributed by atoms with Crippen molar-refractivity contribution in [2.45, 2.75) is 30.4 Å². The van der Waals surface area contributed by atoms with Gasteiger partial charge >= 0.3 is 0 Å². The number of carbonyl (C=O) groups excluding carboxylic acids is 2. The van der Waals surface area contributed by atoms with Gasteiger partial charge in [0.25, 0.3) is 10.0 Å². The van der Waals surface area contributed by atoms with Gasteiger partial charge in [-0.3, -0.25) is 14.5 Å². The molecule has 1 atom stereocenters. The third-order valence-electron chi connectivity index (χ3n) is 4.35. The number of hydrogen-bond donors (Lipinski definition) is 1. The number of anilines is 1. The number of amides is 2. The third kappa shape index (κ3) is 5.06. The van der Waals surface area contributed by atoms with Crippen LogP contribution >= 0.6 is 11.8 Å². The van der Waals surface area contributed by atoms with Crippen LogP contribution in [0.2, 0.25) is 0 Å². The number of amidine groups is 1. The van der Waals surface area contributed by atoms with E-state index in [1.54, 1.807) is 19.1 Å². The first-order valence-electron chi connectivity index (χ1n) is 9.14. The molecule has 10 heteroatoms. The summed E-state index contributed by atoms with van der Waals surface area (Å²) in [7, 11) is -3.99. The van der Waals surface area contributed by atoms with Crippen LogP contribution in [-0.4, -0.2) is 42.1 Å². The Kier molecular flexibility index (Phi) is 6.57. The molecule has 1 aliphatic heterocycles. The molecule has 0 bridgehead atoms. The first-order chi connectivity index (χ1) is 14.2. The Balaban J connectivity index is 1.75. The monoisotopic (exact) mass is 449 g/mol. The number of aryl methyl sites for hydroxylation is 1. The molecule has 1 unspecified atom stereocenters. The van der Waals surface area contributed by atoms with E-state index in [0.29, 0.717) is 5.69 Å². The molecule has 2 aromatic rings. The highest BCUT2D eigenvalue weighted by atomic mass is 32.2. The zero-order chi connectivity index (χ0) is 21.9. The van der Waals surface area contributed by atoms with Crippen molar-refractivity contribution in [3.05, 3.63) is 59.9 Å². The second-order valence-electron chi connectivity index (χ2n) is 6.61. The smallest absolute Gasteiger partial charge is 0.284 e. The second kappa shape index (κ2) is 8.97. The zero-order valence-corrected chi connectivity index (χ0v) is 18.0. The van der Waals surface area contributed by atoms with Gasteiger partial charge in [0, 0.05) is 18.7 Å². The molecule has 1 saturated heterocycles. The van der Waals surface area contributed by atoms with Gasteiger partial charge in [0.1, 0.15) is 11.1 Å². The highest BCUT2D eigenvalue weighted by molar-refractivity contribution is 8.16. The first-order valence-corrected chi connectivity index (χ1v) is 11.5. The van der Waals surface area contributed by atoms with Crippen LogP contribution in [0.3, 0.4) is 0 Å². The van der Waals surface area contributed by atoms with Gasteiger partial charge in [-0.2, -0.15) is 8.42 Å². The van der Waals surface area contributed by atoms with E-state index in [4.69, 9.17) is 0 Å². The van der Waals surface area contributed by atoms with E-state index in [1.165, 1.54) is 41.3 Å². The first kappa shape index (κ1) is 22.0. The average molecular weight is 450 g/mol. The fourth-order valence-corrected chi connectivity index (χ4v) is 5.20. The fraction of sp³-hybridized carbons (Fsp3) is 0.250. The van der Waals surface area contributed by atoms with Gasteiger partial charge in [-0.25, -0.2) is 4.39 Å². The number of sulfonamides is 1. The van der Waals surface area contributed by atoms with Crippen molar-refractivity contribution in [3.8, 4) is 0 Å². The highest BCUT2D eigenvalue weighted by Gasteiger charge is 2.39. The lowest BCUT2D eigenvalue weighted by Gasteiger charge is -2.13. The quantitative estimate of drug-likeness (QED) is 0.731. The summed E-state index contributed by atoms with van der Waals surface area (Å²) in [4.78, 5) is 26.2. The summed E-state index contributed by atoms with van der Waals surface area (Å²) < 4.78 is 42.1. The lowest BCUT2D eigenvalue weighted by Crippen LogP contribution is -2.33. The molecule has 1 aliphatic rings. The zero-order valence-electron chi connectivity index (χ0n) is 16.3. The Labute approximate surface area is 178 Å². The molecule has 1 fully saturated rings. The molecule has 0 aromatic heterocycles. The number of nitrogens with zero attached hydrogens (tertiary/aromatic N) is 2. The van der Waals surface area contributed by atoms with Crippen molar-refractivity contribution in [1.29, 1.82) is 0 Å². The van der Waals surface area contributed by atoms with E-state index in [-0.39, 0.29) is 28.9 Å². The highest BCUT2D eigenvalue weighted by Crippen LogP contribution is 2.31. The number of thioether (sulfide) groups is 1. The number of nitrogens with one attached hydrogen (secondary N) is 1. The van der Waals surface area contributed by atoms with Crippen molar-refractivity contribution in [3.63, 3.8) is 0 Å². The van der Waals surface area contributed by atoms with Crippen molar-refractivity contribution >= 4 is 44.5 Å². The molecule has 2 aromatic carbocycles. The van der Waals surface area contributed by atoms with Gasteiger partial charge in [0.15, 0.2) is 5.17 Å². The van der Waals surface area contributed by atoms with Gasteiger partial charge < -0.3 is 5.32 Å². The Morgan fingerprint density at radius 3 is 2.40 bits per heavy atom. The molecule has 1 heterocycles. The number of benzene rings is 2. The van der Waals surface area contributed by atoms with E-state index in [2.05, 4.69) is 9.71 Å². The Bertz CT molecular complexity index is 1080. The maximum Gasteiger partial charge on any atom is 0.284 e. The van der Waals surface area contributed by atoms with E-state index < -0.39 is 27.0 Å². The number of hydrogen-bond acceptors (Lipinski definition) is 5. The Hall–Kier alpha value is -2.72. The Morgan fingerprint density at radius 2 is 1.80 bits per heavy atom. The van der Waals surface area contributed by atoms with E-state index >= 15 is 0 Å². The van der Waals surface area contributed by atoms with Gasteiger partial charge in [-0.05, 0) is 50.2 Å². The Morgan fingerprint density at radius 1 is 1.17 bits per heavy atom. The molecule has 0 spiro atoms. The van der Waals surface area contributed by atoms with Crippen molar-refractivity contribution in [2.75, 3.05) is 11.9 Å². The summed E-state index contributed by atoms with van der Waals surface area (Å²) in [5.74, 6) is -1.25. The summed E-state index contributed by atoms with van der Waals surface area (Å²) in [5.41, 5.74) is 1.31. The topological polar surface area (TPSA) is 95.9 Å². The van der Waals surface area contributed by atoms with Gasteiger partial charge in [0.2, 0.25) is 11.8 Å². The minimum absolute atomic E-state index is 0.0298. The van der Waals surface area contributed by atoms with E-state index in [1.807, 2.05) is 6.92 Å². The molecule has 0 aliphatic carbocycles. The van der Waals surface area contributed by atoms with Crippen molar-refractivity contribution in [2.24, 2.45) is 4.40 Å². The maximum atomic E-state index is 13.0. The summed E-state index contributed by atoms with van der Waals surface area (Å²) in [6, 6.07) is 11.5. The molecule has 0 radical (unpaired) electrons.